The van der Waals surface area contributed by atoms with E-state index in [0.29, 0.717) is 6.07 Å². The van der Waals surface area contributed by atoms with Crippen LogP contribution in [0.25, 0.3) is 32.3 Å². The molecule has 4 rings (SSSR count). The van der Waals surface area contributed by atoms with Gasteiger partial charge in [-0.3, -0.25) is 0 Å². The SMILES string of the molecule is Fc1cc2ccc3c(F)c(F)c(F)c4c(F)c(F)c(c1F)c2c34. The third kappa shape index (κ3) is 1.51. The van der Waals surface area contributed by atoms with E-state index in [-0.39, 0.29) is 5.39 Å². The quantitative estimate of drug-likeness (QED) is 0.225. The first-order chi connectivity index (χ1) is 10.8. The summed E-state index contributed by atoms with van der Waals surface area (Å²) in [5.74, 6) is -12.4. The van der Waals surface area contributed by atoms with E-state index in [1.165, 1.54) is 0 Å². The highest BCUT2D eigenvalue weighted by Gasteiger charge is 2.28. The van der Waals surface area contributed by atoms with Gasteiger partial charge in [0.25, 0.3) is 0 Å². The summed E-state index contributed by atoms with van der Waals surface area (Å²) in [6.45, 7) is 0. The fourth-order valence-corrected chi connectivity index (χ4v) is 2.95. The lowest BCUT2D eigenvalue weighted by Crippen LogP contribution is -2.03. The van der Waals surface area contributed by atoms with Crippen molar-refractivity contribution in [3.8, 4) is 0 Å². The Kier molecular flexibility index (Phi) is 2.59. The van der Waals surface area contributed by atoms with Crippen molar-refractivity contribution in [1.82, 2.24) is 0 Å². The average molecular weight is 328 g/mol. The van der Waals surface area contributed by atoms with E-state index in [1.54, 1.807) is 0 Å². The van der Waals surface area contributed by atoms with Gasteiger partial charge in [-0.2, -0.15) is 0 Å². The zero-order valence-corrected chi connectivity index (χ0v) is 10.9. The molecule has 116 valence electrons. The normalized spacial score (nSPS) is 12.1. The van der Waals surface area contributed by atoms with Gasteiger partial charge in [0, 0.05) is 16.2 Å². The first kappa shape index (κ1) is 14.0. The van der Waals surface area contributed by atoms with Crippen LogP contribution in [0.5, 0.6) is 0 Å². The molecule has 0 aliphatic rings. The fourth-order valence-electron chi connectivity index (χ4n) is 2.95. The van der Waals surface area contributed by atoms with Crippen LogP contribution < -0.4 is 0 Å². The van der Waals surface area contributed by atoms with Crippen LogP contribution >= 0.6 is 0 Å². The zero-order chi connectivity index (χ0) is 16.6. The summed E-state index contributed by atoms with van der Waals surface area (Å²) in [5, 5.41) is -3.80. The summed E-state index contributed by atoms with van der Waals surface area (Å²) < 4.78 is 97.1. The molecular formula is C16H3F7. The molecule has 0 amide bonds. The van der Waals surface area contributed by atoms with E-state index < -0.39 is 67.7 Å². The van der Waals surface area contributed by atoms with Crippen molar-refractivity contribution in [2.24, 2.45) is 0 Å². The Hall–Kier alpha value is -2.57. The van der Waals surface area contributed by atoms with Crippen molar-refractivity contribution in [3.63, 3.8) is 0 Å². The van der Waals surface area contributed by atoms with Crippen molar-refractivity contribution in [2.75, 3.05) is 0 Å². The first-order valence-electron chi connectivity index (χ1n) is 6.31. The maximum Gasteiger partial charge on any atom is 0.195 e. The van der Waals surface area contributed by atoms with Gasteiger partial charge in [-0.05, 0) is 11.5 Å². The number of hydrogen-bond acceptors (Lipinski definition) is 0. The third-order valence-electron chi connectivity index (χ3n) is 3.92. The smallest absolute Gasteiger partial charge is 0.195 e. The predicted molar refractivity (Wildman–Crippen MR) is 69.9 cm³/mol. The highest BCUT2D eigenvalue weighted by atomic mass is 19.2. The Morgan fingerprint density at radius 2 is 1.04 bits per heavy atom. The van der Waals surface area contributed by atoms with Crippen LogP contribution in [-0.4, -0.2) is 0 Å². The standard InChI is InChI=1S/C16H3F7/c17-6-3-4-1-2-5-8-7(4)9(12(6)19)13(20)14(21)10(8)15(22)16(23)11(5)18/h1-3H. The van der Waals surface area contributed by atoms with Crippen LogP contribution in [-0.2, 0) is 0 Å². The topological polar surface area (TPSA) is 0 Å². The number of rotatable bonds is 0. The van der Waals surface area contributed by atoms with Gasteiger partial charge in [0.15, 0.2) is 40.7 Å². The third-order valence-corrected chi connectivity index (χ3v) is 3.92. The van der Waals surface area contributed by atoms with Gasteiger partial charge < -0.3 is 0 Å². The number of hydrogen-bond donors (Lipinski definition) is 0. The van der Waals surface area contributed by atoms with Crippen molar-refractivity contribution in [2.45, 2.75) is 0 Å². The predicted octanol–water partition coefficient (Wildman–Crippen LogP) is 5.56. The van der Waals surface area contributed by atoms with Crippen LogP contribution in [0, 0.1) is 40.7 Å². The first-order valence-corrected chi connectivity index (χ1v) is 6.31. The second kappa shape index (κ2) is 4.24. The summed E-state index contributed by atoms with van der Waals surface area (Å²) in [5.41, 5.74) is 0. The minimum absolute atomic E-state index is 0.0966. The molecule has 0 aromatic heterocycles. The molecule has 23 heavy (non-hydrogen) atoms. The van der Waals surface area contributed by atoms with E-state index in [0.717, 1.165) is 12.1 Å². The molecular weight excluding hydrogens is 325 g/mol. The maximum atomic E-state index is 14.1. The van der Waals surface area contributed by atoms with Gasteiger partial charge in [-0.15, -0.1) is 0 Å². The summed E-state index contributed by atoms with van der Waals surface area (Å²) >= 11 is 0. The highest BCUT2D eigenvalue weighted by Crippen LogP contribution is 2.42. The molecule has 0 nitrogen and oxygen atoms in total. The van der Waals surface area contributed by atoms with Crippen LogP contribution in [0.1, 0.15) is 0 Å². The molecule has 0 spiro atoms. The molecule has 0 aliphatic carbocycles. The van der Waals surface area contributed by atoms with Gasteiger partial charge in [0.2, 0.25) is 0 Å². The van der Waals surface area contributed by atoms with Crippen LogP contribution in [0.15, 0.2) is 18.2 Å². The zero-order valence-electron chi connectivity index (χ0n) is 10.9. The Labute approximate surface area is 123 Å². The Bertz CT molecular complexity index is 1130. The van der Waals surface area contributed by atoms with Crippen LogP contribution in [0.4, 0.5) is 30.7 Å². The van der Waals surface area contributed by atoms with E-state index in [4.69, 9.17) is 0 Å². The summed E-state index contributed by atoms with van der Waals surface area (Å²) in [7, 11) is 0. The molecule has 0 saturated heterocycles. The molecule has 0 bridgehead atoms. The fraction of sp³-hybridized carbons (Fsp3) is 0. The number of benzene rings is 4. The molecule has 0 fully saturated rings. The molecule has 0 heterocycles. The largest absolute Gasteiger partial charge is 0.204 e. The van der Waals surface area contributed by atoms with E-state index in [2.05, 4.69) is 0 Å². The maximum absolute atomic E-state index is 14.1. The van der Waals surface area contributed by atoms with Crippen molar-refractivity contribution in [3.05, 3.63) is 58.9 Å². The highest BCUT2D eigenvalue weighted by molar-refractivity contribution is 6.23. The molecule has 4 aromatic carbocycles. The Morgan fingerprint density at radius 3 is 1.70 bits per heavy atom. The lowest BCUT2D eigenvalue weighted by atomic mass is 9.92. The Morgan fingerprint density at radius 1 is 0.478 bits per heavy atom. The lowest BCUT2D eigenvalue weighted by Gasteiger charge is -2.15. The van der Waals surface area contributed by atoms with Gasteiger partial charge in [0.05, 0.1) is 10.8 Å². The van der Waals surface area contributed by atoms with E-state index in [1.807, 2.05) is 0 Å². The molecule has 0 unspecified atom stereocenters. The summed E-state index contributed by atoms with van der Waals surface area (Å²) in [4.78, 5) is 0. The van der Waals surface area contributed by atoms with Gasteiger partial charge >= 0.3 is 0 Å². The minimum atomic E-state index is -1.97. The molecule has 0 atom stereocenters. The molecule has 0 aliphatic heterocycles. The summed E-state index contributed by atoms with van der Waals surface area (Å²) in [6, 6.07) is 2.74. The molecule has 0 saturated carbocycles. The van der Waals surface area contributed by atoms with E-state index >= 15 is 0 Å². The average Bonchev–Trinajstić information content (AvgIpc) is 2.52. The summed E-state index contributed by atoms with van der Waals surface area (Å²) in [6.07, 6.45) is 0. The number of halogens is 7. The molecule has 0 radical (unpaired) electrons. The van der Waals surface area contributed by atoms with Crippen molar-refractivity contribution >= 4 is 32.3 Å². The second-order valence-corrected chi connectivity index (χ2v) is 5.08. The van der Waals surface area contributed by atoms with E-state index in [9.17, 15) is 30.7 Å². The minimum Gasteiger partial charge on any atom is -0.204 e. The Balaban J connectivity index is 2.53. The lowest BCUT2D eigenvalue weighted by molar-refractivity contribution is 0.452. The van der Waals surface area contributed by atoms with Crippen molar-refractivity contribution in [1.29, 1.82) is 0 Å². The molecule has 7 heteroatoms. The van der Waals surface area contributed by atoms with Gasteiger partial charge in [0.1, 0.15) is 0 Å². The monoisotopic (exact) mass is 328 g/mol. The molecule has 0 N–H and O–H groups in total. The van der Waals surface area contributed by atoms with Gasteiger partial charge in [-0.1, -0.05) is 12.1 Å². The second-order valence-electron chi connectivity index (χ2n) is 5.08. The van der Waals surface area contributed by atoms with Crippen LogP contribution in [0.3, 0.4) is 0 Å². The van der Waals surface area contributed by atoms with Crippen LogP contribution in [0.2, 0.25) is 0 Å². The van der Waals surface area contributed by atoms with Gasteiger partial charge in [-0.25, -0.2) is 30.7 Å². The molecule has 4 aromatic rings. The van der Waals surface area contributed by atoms with Crippen molar-refractivity contribution < 1.29 is 30.7 Å².